The van der Waals surface area contributed by atoms with Gasteiger partial charge in [0.2, 0.25) is 5.91 Å². The summed E-state index contributed by atoms with van der Waals surface area (Å²) >= 11 is 0. The third kappa shape index (κ3) is 4.63. The lowest BCUT2D eigenvalue weighted by molar-refractivity contribution is -0.138. The minimum absolute atomic E-state index is 0.0759. The molecule has 2 aliphatic rings. The molecule has 1 N–H and O–H groups in total. The molecule has 1 aromatic carbocycles. The van der Waals surface area contributed by atoms with Crippen molar-refractivity contribution in [2.24, 2.45) is 11.8 Å². The van der Waals surface area contributed by atoms with Crippen LogP contribution in [0.2, 0.25) is 0 Å². The molecule has 1 aromatic heterocycles. The van der Waals surface area contributed by atoms with Crippen LogP contribution >= 0.6 is 0 Å². The summed E-state index contributed by atoms with van der Waals surface area (Å²) in [6.45, 7) is 4.06. The summed E-state index contributed by atoms with van der Waals surface area (Å²) < 4.78 is 1.54. The van der Waals surface area contributed by atoms with Crippen LogP contribution in [0.3, 0.4) is 0 Å². The number of hydrogen-bond donors (Lipinski definition) is 1. The molecule has 0 radical (unpaired) electrons. The summed E-state index contributed by atoms with van der Waals surface area (Å²) in [5.74, 6) is 1.09. The molecule has 2 amide bonds. The zero-order valence-corrected chi connectivity index (χ0v) is 16.8. The summed E-state index contributed by atoms with van der Waals surface area (Å²) in [5, 5.41) is 14.2. The minimum Gasteiger partial charge on any atom is -0.349 e. The Morgan fingerprint density at radius 3 is 2.31 bits per heavy atom. The van der Waals surface area contributed by atoms with Crippen molar-refractivity contribution in [1.29, 1.82) is 0 Å². The number of tetrazole rings is 1. The standard InChI is InChI=1S/C21H28N6O2/c1-15-10-12-26(13-11-15)21(29)17-2-6-18(7-3-17)23-20(28)16-4-8-19(9-5-16)27-14-22-24-25-27/h4-5,8-9,14-15,17-18H,2-3,6-7,10-13H2,1H3,(H,23,28). The maximum atomic E-state index is 12.8. The van der Waals surface area contributed by atoms with Crippen molar-refractivity contribution in [3.8, 4) is 5.69 Å². The van der Waals surface area contributed by atoms with Crippen molar-refractivity contribution in [3.05, 3.63) is 36.2 Å². The van der Waals surface area contributed by atoms with E-state index in [4.69, 9.17) is 0 Å². The van der Waals surface area contributed by atoms with Gasteiger partial charge in [0.1, 0.15) is 6.33 Å². The lowest BCUT2D eigenvalue weighted by atomic mass is 9.84. The van der Waals surface area contributed by atoms with E-state index in [-0.39, 0.29) is 17.9 Å². The van der Waals surface area contributed by atoms with Crippen molar-refractivity contribution >= 4 is 11.8 Å². The van der Waals surface area contributed by atoms with E-state index in [1.54, 1.807) is 16.8 Å². The molecule has 8 heteroatoms. The maximum Gasteiger partial charge on any atom is 0.251 e. The topological polar surface area (TPSA) is 93.0 Å². The van der Waals surface area contributed by atoms with Crippen LogP contribution < -0.4 is 5.32 Å². The van der Waals surface area contributed by atoms with Gasteiger partial charge in [-0.1, -0.05) is 6.92 Å². The normalized spacial score (nSPS) is 23.0. The van der Waals surface area contributed by atoms with Gasteiger partial charge in [0.25, 0.3) is 5.91 Å². The molecule has 0 spiro atoms. The Bertz CT molecular complexity index is 819. The monoisotopic (exact) mass is 396 g/mol. The summed E-state index contributed by atoms with van der Waals surface area (Å²) in [4.78, 5) is 27.4. The van der Waals surface area contributed by atoms with Crippen LogP contribution in [0.5, 0.6) is 0 Å². The first-order valence-electron chi connectivity index (χ1n) is 10.5. The molecule has 2 heterocycles. The van der Waals surface area contributed by atoms with Gasteiger partial charge in [0.15, 0.2) is 0 Å². The molecule has 0 bridgehead atoms. The highest BCUT2D eigenvalue weighted by atomic mass is 16.2. The van der Waals surface area contributed by atoms with Gasteiger partial charge < -0.3 is 10.2 Å². The van der Waals surface area contributed by atoms with E-state index >= 15 is 0 Å². The van der Waals surface area contributed by atoms with Crippen molar-refractivity contribution in [2.75, 3.05) is 13.1 Å². The van der Waals surface area contributed by atoms with E-state index in [0.29, 0.717) is 11.5 Å². The van der Waals surface area contributed by atoms with E-state index in [1.165, 1.54) is 6.33 Å². The molecule has 0 unspecified atom stereocenters. The fourth-order valence-corrected chi connectivity index (χ4v) is 4.29. The summed E-state index contributed by atoms with van der Waals surface area (Å²) in [5.41, 5.74) is 1.42. The Morgan fingerprint density at radius 1 is 1.00 bits per heavy atom. The fourth-order valence-electron chi connectivity index (χ4n) is 4.29. The van der Waals surface area contributed by atoms with E-state index in [2.05, 4.69) is 32.7 Å². The summed E-state index contributed by atoms with van der Waals surface area (Å²) in [6.07, 6.45) is 7.17. The third-order valence-electron chi connectivity index (χ3n) is 6.25. The molecule has 0 atom stereocenters. The number of nitrogens with zero attached hydrogens (tertiary/aromatic N) is 5. The maximum absolute atomic E-state index is 12.8. The highest BCUT2D eigenvalue weighted by Gasteiger charge is 2.31. The van der Waals surface area contributed by atoms with Gasteiger partial charge in [-0.2, -0.15) is 0 Å². The number of likely N-dealkylation sites (tertiary alicyclic amines) is 1. The average molecular weight is 396 g/mol. The van der Waals surface area contributed by atoms with Crippen LogP contribution in [-0.2, 0) is 4.79 Å². The van der Waals surface area contributed by atoms with Gasteiger partial charge >= 0.3 is 0 Å². The molecule has 1 saturated heterocycles. The first-order chi connectivity index (χ1) is 14.1. The number of nitrogens with one attached hydrogen (secondary N) is 1. The van der Waals surface area contributed by atoms with Crippen molar-refractivity contribution in [1.82, 2.24) is 30.4 Å². The summed E-state index contributed by atoms with van der Waals surface area (Å²) in [6, 6.07) is 7.32. The van der Waals surface area contributed by atoms with Crippen LogP contribution in [-0.4, -0.2) is 56.1 Å². The Morgan fingerprint density at radius 2 is 1.69 bits per heavy atom. The third-order valence-corrected chi connectivity index (χ3v) is 6.25. The first kappa shape index (κ1) is 19.5. The predicted molar refractivity (Wildman–Crippen MR) is 107 cm³/mol. The van der Waals surface area contributed by atoms with Crippen LogP contribution in [0.4, 0.5) is 0 Å². The van der Waals surface area contributed by atoms with Gasteiger partial charge in [0, 0.05) is 30.6 Å². The fraction of sp³-hybridized carbons (Fsp3) is 0.571. The Kier molecular flexibility index (Phi) is 5.87. The van der Waals surface area contributed by atoms with E-state index in [0.717, 1.165) is 63.2 Å². The number of carbonyl (C=O) groups excluding carboxylic acids is 2. The molecule has 1 aliphatic heterocycles. The second kappa shape index (κ2) is 8.71. The van der Waals surface area contributed by atoms with Crippen molar-refractivity contribution < 1.29 is 9.59 Å². The zero-order valence-electron chi connectivity index (χ0n) is 16.8. The quantitative estimate of drug-likeness (QED) is 0.855. The Labute approximate surface area is 170 Å². The number of amides is 2. The molecule has 2 aromatic rings. The van der Waals surface area contributed by atoms with Crippen LogP contribution in [0, 0.1) is 11.8 Å². The largest absolute Gasteiger partial charge is 0.349 e. The number of hydrogen-bond acceptors (Lipinski definition) is 5. The van der Waals surface area contributed by atoms with E-state index in [1.807, 2.05) is 12.1 Å². The smallest absolute Gasteiger partial charge is 0.251 e. The zero-order chi connectivity index (χ0) is 20.2. The lowest BCUT2D eigenvalue weighted by Crippen LogP contribution is -2.44. The molecule has 8 nitrogen and oxygen atoms in total. The molecular formula is C21H28N6O2. The Hall–Kier alpha value is -2.77. The molecule has 1 aliphatic carbocycles. The van der Waals surface area contributed by atoms with Crippen LogP contribution in [0.25, 0.3) is 5.69 Å². The average Bonchev–Trinajstić information content (AvgIpc) is 3.29. The van der Waals surface area contributed by atoms with Crippen molar-refractivity contribution in [3.63, 3.8) is 0 Å². The minimum atomic E-state index is -0.0759. The number of aromatic nitrogens is 4. The molecular weight excluding hydrogens is 368 g/mol. The van der Waals surface area contributed by atoms with Gasteiger partial charge in [-0.05, 0) is 79.1 Å². The van der Waals surface area contributed by atoms with Gasteiger partial charge in [-0.25, -0.2) is 4.68 Å². The Balaban J connectivity index is 1.26. The second-order valence-corrected chi connectivity index (χ2v) is 8.33. The SMILES string of the molecule is CC1CCN(C(=O)C2CCC(NC(=O)c3ccc(-n4cnnn4)cc3)CC2)CC1. The highest BCUT2D eigenvalue weighted by Crippen LogP contribution is 2.28. The molecule has 4 rings (SSSR count). The highest BCUT2D eigenvalue weighted by molar-refractivity contribution is 5.94. The number of piperidine rings is 1. The van der Waals surface area contributed by atoms with E-state index in [9.17, 15) is 9.59 Å². The van der Waals surface area contributed by atoms with Crippen LogP contribution in [0.1, 0.15) is 55.8 Å². The van der Waals surface area contributed by atoms with Gasteiger partial charge in [0.05, 0.1) is 5.69 Å². The molecule has 154 valence electrons. The first-order valence-corrected chi connectivity index (χ1v) is 10.5. The second-order valence-electron chi connectivity index (χ2n) is 8.33. The van der Waals surface area contributed by atoms with Crippen LogP contribution in [0.15, 0.2) is 30.6 Å². The number of carbonyl (C=O) groups is 2. The molecule has 29 heavy (non-hydrogen) atoms. The molecule has 1 saturated carbocycles. The number of benzene rings is 1. The van der Waals surface area contributed by atoms with Crippen molar-refractivity contribution in [2.45, 2.75) is 51.5 Å². The summed E-state index contributed by atoms with van der Waals surface area (Å²) in [7, 11) is 0. The molecule has 2 fully saturated rings. The number of rotatable bonds is 4. The van der Waals surface area contributed by atoms with Gasteiger partial charge in [-0.3, -0.25) is 9.59 Å². The predicted octanol–water partition coefficient (Wildman–Crippen LogP) is 2.21. The van der Waals surface area contributed by atoms with Gasteiger partial charge in [-0.15, -0.1) is 5.10 Å². The lowest BCUT2D eigenvalue weighted by Gasteiger charge is -2.35. The van der Waals surface area contributed by atoms with E-state index < -0.39 is 0 Å².